The topological polar surface area (TPSA) is 29.5 Å². The maximum Gasteiger partial charge on any atom is 0.248 e. The molecule has 0 saturated carbocycles. The number of carbonyl (C=O) groups is 1. The SMILES string of the molecule is CCCCCOCC(=O)N1CCC=C(Cl)C1. The van der Waals surface area contributed by atoms with E-state index in [-0.39, 0.29) is 12.5 Å². The van der Waals surface area contributed by atoms with E-state index in [0.29, 0.717) is 13.2 Å². The van der Waals surface area contributed by atoms with Crippen molar-refractivity contribution in [2.75, 3.05) is 26.3 Å². The zero-order valence-corrected chi connectivity index (χ0v) is 10.6. The van der Waals surface area contributed by atoms with Crippen LogP contribution >= 0.6 is 11.6 Å². The first-order valence-electron chi connectivity index (χ1n) is 5.94. The van der Waals surface area contributed by atoms with E-state index in [9.17, 15) is 4.79 Å². The third-order valence-electron chi connectivity index (χ3n) is 2.58. The molecule has 4 heteroatoms. The van der Waals surface area contributed by atoms with E-state index in [1.165, 1.54) is 6.42 Å². The van der Waals surface area contributed by atoms with Gasteiger partial charge in [0.2, 0.25) is 5.91 Å². The molecule has 0 atom stereocenters. The predicted molar refractivity (Wildman–Crippen MR) is 65.5 cm³/mol. The number of ether oxygens (including phenoxy) is 1. The van der Waals surface area contributed by atoms with Gasteiger partial charge in [-0.05, 0) is 12.8 Å². The third-order valence-corrected chi connectivity index (χ3v) is 2.85. The summed E-state index contributed by atoms with van der Waals surface area (Å²) in [4.78, 5) is 13.4. The smallest absolute Gasteiger partial charge is 0.248 e. The van der Waals surface area contributed by atoms with Crippen LogP contribution in [0.2, 0.25) is 0 Å². The molecule has 0 bridgehead atoms. The molecule has 0 radical (unpaired) electrons. The van der Waals surface area contributed by atoms with E-state index in [4.69, 9.17) is 16.3 Å². The zero-order chi connectivity index (χ0) is 11.8. The molecule has 1 heterocycles. The molecule has 0 aromatic rings. The summed E-state index contributed by atoms with van der Waals surface area (Å²) >= 11 is 5.88. The zero-order valence-electron chi connectivity index (χ0n) is 9.88. The average molecular weight is 246 g/mol. The second-order valence-corrected chi connectivity index (χ2v) is 4.50. The summed E-state index contributed by atoms with van der Waals surface area (Å²) in [6, 6.07) is 0. The average Bonchev–Trinajstić information content (AvgIpc) is 2.28. The Morgan fingerprint density at radius 1 is 1.56 bits per heavy atom. The monoisotopic (exact) mass is 245 g/mol. The maximum absolute atomic E-state index is 11.7. The number of amides is 1. The summed E-state index contributed by atoms with van der Waals surface area (Å²) in [5.74, 6) is 0.0442. The molecule has 0 saturated heterocycles. The van der Waals surface area contributed by atoms with E-state index in [1.807, 2.05) is 6.08 Å². The summed E-state index contributed by atoms with van der Waals surface area (Å²) in [5, 5.41) is 0.755. The number of hydrogen-bond donors (Lipinski definition) is 0. The highest BCUT2D eigenvalue weighted by Crippen LogP contribution is 2.12. The van der Waals surface area contributed by atoms with Crippen molar-refractivity contribution in [1.29, 1.82) is 0 Å². The lowest BCUT2D eigenvalue weighted by Gasteiger charge is -2.25. The fourth-order valence-electron chi connectivity index (χ4n) is 1.62. The Labute approximate surface area is 102 Å². The van der Waals surface area contributed by atoms with Crippen LogP contribution in [0.15, 0.2) is 11.1 Å². The van der Waals surface area contributed by atoms with Crippen LogP contribution in [0, 0.1) is 0 Å². The highest BCUT2D eigenvalue weighted by Gasteiger charge is 2.16. The molecule has 0 unspecified atom stereocenters. The summed E-state index contributed by atoms with van der Waals surface area (Å²) < 4.78 is 5.33. The van der Waals surface area contributed by atoms with Crippen molar-refractivity contribution >= 4 is 17.5 Å². The number of carbonyl (C=O) groups excluding carboxylic acids is 1. The Balaban J connectivity index is 2.13. The first-order chi connectivity index (χ1) is 7.74. The molecule has 1 aliphatic heterocycles. The highest BCUT2D eigenvalue weighted by atomic mass is 35.5. The molecule has 0 aliphatic carbocycles. The molecule has 3 nitrogen and oxygen atoms in total. The standard InChI is InChI=1S/C12H20ClNO2/c1-2-3-4-8-16-10-12(15)14-7-5-6-11(13)9-14/h6H,2-5,7-10H2,1H3. The molecule has 0 aromatic heterocycles. The van der Waals surface area contributed by atoms with Crippen LogP contribution in [0.4, 0.5) is 0 Å². The van der Waals surface area contributed by atoms with Gasteiger partial charge in [-0.2, -0.15) is 0 Å². The van der Waals surface area contributed by atoms with Crippen molar-refractivity contribution in [1.82, 2.24) is 4.90 Å². The van der Waals surface area contributed by atoms with Gasteiger partial charge >= 0.3 is 0 Å². The Bertz CT molecular complexity index is 253. The highest BCUT2D eigenvalue weighted by molar-refractivity contribution is 6.30. The van der Waals surface area contributed by atoms with Crippen molar-refractivity contribution in [2.24, 2.45) is 0 Å². The molecule has 16 heavy (non-hydrogen) atoms. The Hall–Kier alpha value is -0.540. The van der Waals surface area contributed by atoms with E-state index in [2.05, 4.69) is 6.92 Å². The van der Waals surface area contributed by atoms with Gasteiger partial charge in [0, 0.05) is 18.2 Å². The Kier molecular flexibility index (Phi) is 6.50. The summed E-state index contributed by atoms with van der Waals surface area (Å²) in [6.45, 7) is 4.31. The molecule has 0 aromatic carbocycles. The first-order valence-corrected chi connectivity index (χ1v) is 6.32. The molecule has 0 spiro atoms. The van der Waals surface area contributed by atoms with Crippen molar-refractivity contribution in [3.63, 3.8) is 0 Å². The lowest BCUT2D eigenvalue weighted by molar-refractivity contribution is -0.135. The van der Waals surface area contributed by atoms with Crippen LogP contribution in [0.1, 0.15) is 32.6 Å². The molecule has 0 fully saturated rings. The van der Waals surface area contributed by atoms with Gasteiger partial charge in [-0.15, -0.1) is 0 Å². The molecule has 1 rings (SSSR count). The van der Waals surface area contributed by atoms with E-state index in [0.717, 1.165) is 30.8 Å². The molecule has 92 valence electrons. The molecular formula is C12H20ClNO2. The fraction of sp³-hybridized carbons (Fsp3) is 0.750. The first kappa shape index (κ1) is 13.5. The van der Waals surface area contributed by atoms with Gasteiger partial charge in [0.25, 0.3) is 0 Å². The lowest BCUT2D eigenvalue weighted by atomic mass is 10.2. The predicted octanol–water partition coefficient (Wildman–Crippen LogP) is 2.55. The normalized spacial score (nSPS) is 16.1. The largest absolute Gasteiger partial charge is 0.372 e. The van der Waals surface area contributed by atoms with Gasteiger partial charge < -0.3 is 9.64 Å². The second kappa shape index (κ2) is 7.69. The molecular weight excluding hydrogens is 226 g/mol. The third kappa shape index (κ3) is 4.99. The van der Waals surface area contributed by atoms with Gasteiger partial charge in [-0.1, -0.05) is 37.4 Å². The van der Waals surface area contributed by atoms with Crippen LogP contribution in [0.5, 0.6) is 0 Å². The van der Waals surface area contributed by atoms with Crippen LogP contribution in [0.25, 0.3) is 0 Å². The summed E-state index contributed by atoms with van der Waals surface area (Å²) in [5.41, 5.74) is 0. The summed E-state index contributed by atoms with van der Waals surface area (Å²) in [7, 11) is 0. The minimum Gasteiger partial charge on any atom is -0.372 e. The van der Waals surface area contributed by atoms with Gasteiger partial charge in [0.15, 0.2) is 0 Å². The fourth-order valence-corrected chi connectivity index (χ4v) is 1.87. The quantitative estimate of drug-likeness (QED) is 0.673. The lowest BCUT2D eigenvalue weighted by Crippen LogP contribution is -2.37. The van der Waals surface area contributed by atoms with Crippen molar-refractivity contribution in [3.05, 3.63) is 11.1 Å². The summed E-state index contributed by atoms with van der Waals surface area (Å²) in [6.07, 6.45) is 6.18. The van der Waals surface area contributed by atoms with Crippen molar-refractivity contribution in [3.8, 4) is 0 Å². The van der Waals surface area contributed by atoms with Gasteiger partial charge in [0.05, 0.1) is 6.54 Å². The second-order valence-electron chi connectivity index (χ2n) is 4.01. The Morgan fingerprint density at radius 2 is 2.38 bits per heavy atom. The molecule has 1 aliphatic rings. The van der Waals surface area contributed by atoms with Gasteiger partial charge in [-0.3, -0.25) is 4.79 Å². The van der Waals surface area contributed by atoms with Crippen molar-refractivity contribution in [2.45, 2.75) is 32.6 Å². The van der Waals surface area contributed by atoms with Crippen LogP contribution in [-0.2, 0) is 9.53 Å². The Morgan fingerprint density at radius 3 is 3.06 bits per heavy atom. The molecule has 1 amide bonds. The minimum atomic E-state index is 0.0442. The van der Waals surface area contributed by atoms with E-state index < -0.39 is 0 Å². The van der Waals surface area contributed by atoms with Gasteiger partial charge in [0.1, 0.15) is 6.61 Å². The minimum absolute atomic E-state index is 0.0442. The van der Waals surface area contributed by atoms with Crippen LogP contribution < -0.4 is 0 Å². The van der Waals surface area contributed by atoms with Gasteiger partial charge in [-0.25, -0.2) is 0 Å². The number of rotatable bonds is 6. The van der Waals surface area contributed by atoms with Crippen molar-refractivity contribution < 1.29 is 9.53 Å². The number of halogens is 1. The van der Waals surface area contributed by atoms with Crippen LogP contribution in [-0.4, -0.2) is 37.1 Å². The number of hydrogen-bond acceptors (Lipinski definition) is 2. The number of nitrogens with zero attached hydrogens (tertiary/aromatic N) is 1. The van der Waals surface area contributed by atoms with E-state index >= 15 is 0 Å². The van der Waals surface area contributed by atoms with E-state index in [1.54, 1.807) is 4.90 Å². The number of unbranched alkanes of at least 4 members (excludes halogenated alkanes) is 2. The molecule has 0 N–H and O–H groups in total. The van der Waals surface area contributed by atoms with Crippen LogP contribution in [0.3, 0.4) is 0 Å². The maximum atomic E-state index is 11.7.